The van der Waals surface area contributed by atoms with Crippen molar-refractivity contribution >= 4 is 94.4 Å². The Balaban J connectivity index is 1.29. The summed E-state index contributed by atoms with van der Waals surface area (Å²) in [5, 5.41) is 17.7. The first-order chi connectivity index (χ1) is 26.5. The quantitative estimate of drug-likeness (QED) is 0.0602. The van der Waals surface area contributed by atoms with E-state index in [9.17, 15) is 19.2 Å². The van der Waals surface area contributed by atoms with Crippen LogP contribution >= 0.6 is 70.6 Å². The lowest BCUT2D eigenvalue weighted by Gasteiger charge is -2.27. The Morgan fingerprint density at radius 1 is 0.655 bits per heavy atom. The number of thioether (sulfide) groups is 6. The highest BCUT2D eigenvalue weighted by atomic mass is 32.2. The Bertz CT molecular complexity index is 1460. The molecule has 0 spiro atoms. The maximum absolute atomic E-state index is 12.3. The molecule has 2 fully saturated rings. The summed E-state index contributed by atoms with van der Waals surface area (Å²) in [5.41, 5.74) is 1.75. The number of hydrogen-bond donors (Lipinski definition) is 2. The first kappa shape index (κ1) is 45.2. The number of carboxylic acid groups (broad SMARTS) is 2. The fourth-order valence-corrected chi connectivity index (χ4v) is 13.6. The zero-order valence-corrected chi connectivity index (χ0v) is 35.7. The minimum Gasteiger partial charge on any atom is -0.490 e. The molecule has 0 amide bonds. The predicted octanol–water partition coefficient (Wildman–Crippen LogP) is 7.73. The molecule has 2 saturated heterocycles. The Hall–Kier alpha value is -2.50. The molecule has 55 heavy (non-hydrogen) atoms. The van der Waals surface area contributed by atoms with Gasteiger partial charge in [-0.05, 0) is 59.7 Å². The van der Waals surface area contributed by atoms with E-state index in [0.717, 1.165) is 59.8 Å². The van der Waals surface area contributed by atoms with Gasteiger partial charge in [-0.3, -0.25) is 0 Å². The number of aliphatic carboxylic acids is 2. The summed E-state index contributed by atoms with van der Waals surface area (Å²) in [6.45, 7) is 4.51. The Morgan fingerprint density at radius 3 is 1.36 bits per heavy atom. The fourth-order valence-electron chi connectivity index (χ4n) is 5.34. The van der Waals surface area contributed by atoms with Crippen molar-refractivity contribution in [1.82, 2.24) is 0 Å². The van der Waals surface area contributed by atoms with Crippen molar-refractivity contribution in [2.45, 2.75) is 53.5 Å². The van der Waals surface area contributed by atoms with E-state index >= 15 is 0 Å². The zero-order valence-electron chi connectivity index (χ0n) is 30.8. The Labute approximate surface area is 348 Å². The summed E-state index contributed by atoms with van der Waals surface area (Å²) in [6.07, 6.45) is 4.40. The van der Waals surface area contributed by atoms with Crippen LogP contribution < -0.4 is 9.47 Å². The summed E-state index contributed by atoms with van der Waals surface area (Å²) < 4.78 is 24.4. The van der Waals surface area contributed by atoms with Crippen molar-refractivity contribution in [1.29, 1.82) is 0 Å². The Morgan fingerprint density at radius 2 is 1.02 bits per heavy atom. The molecule has 0 bridgehead atoms. The average Bonchev–Trinajstić information content (AvgIpc) is 3.90. The van der Waals surface area contributed by atoms with E-state index in [-0.39, 0.29) is 18.6 Å². The highest BCUT2D eigenvalue weighted by Gasteiger charge is 2.24. The van der Waals surface area contributed by atoms with Crippen molar-refractivity contribution < 1.29 is 48.3 Å². The SMILES string of the molecule is CC(C)(c1ccc(OCC(CSCCC2SCCS2)OC(=O)/C=C\C(=O)O)cc1)c1ccc(OCC(CSCCC2SCCS2)OC(=O)/C=C\C(=O)O)cc1. The first-order valence-corrected chi connectivity index (χ1v) is 24.3. The number of rotatable bonds is 24. The molecule has 2 atom stereocenters. The third kappa shape index (κ3) is 17.3. The normalized spacial score (nSPS) is 16.3. The molecule has 2 aromatic rings. The van der Waals surface area contributed by atoms with Crippen molar-refractivity contribution in [3.8, 4) is 11.5 Å². The van der Waals surface area contributed by atoms with E-state index in [2.05, 4.69) is 13.8 Å². The molecular weight excluding hydrogens is 821 g/mol. The van der Waals surface area contributed by atoms with Gasteiger partial charge in [0.25, 0.3) is 0 Å². The lowest BCUT2D eigenvalue weighted by atomic mass is 9.78. The lowest BCUT2D eigenvalue weighted by molar-refractivity contribution is -0.144. The van der Waals surface area contributed by atoms with Gasteiger partial charge in [0.2, 0.25) is 0 Å². The van der Waals surface area contributed by atoms with Crippen molar-refractivity contribution in [3.63, 3.8) is 0 Å². The maximum Gasteiger partial charge on any atom is 0.331 e. The molecular formula is C39H48O10S6. The van der Waals surface area contributed by atoms with Crippen LogP contribution in [-0.4, -0.2) is 115 Å². The summed E-state index contributed by atoms with van der Waals surface area (Å²) in [5.74, 6) is 5.03. The van der Waals surface area contributed by atoms with E-state index in [4.69, 9.17) is 29.2 Å². The molecule has 300 valence electrons. The van der Waals surface area contributed by atoms with Gasteiger partial charge >= 0.3 is 23.9 Å². The van der Waals surface area contributed by atoms with Crippen LogP contribution in [0.1, 0.15) is 37.8 Å². The van der Waals surface area contributed by atoms with Crippen LogP contribution in [0.15, 0.2) is 72.8 Å². The molecule has 10 nitrogen and oxygen atoms in total. The van der Waals surface area contributed by atoms with Crippen molar-refractivity contribution in [2.24, 2.45) is 0 Å². The van der Waals surface area contributed by atoms with Crippen LogP contribution in [0.5, 0.6) is 11.5 Å². The van der Waals surface area contributed by atoms with Crippen molar-refractivity contribution in [3.05, 3.63) is 84.0 Å². The van der Waals surface area contributed by atoms with Gasteiger partial charge in [-0.15, -0.1) is 47.0 Å². The molecule has 0 saturated carbocycles. The third-order valence-corrected chi connectivity index (χ3v) is 16.9. The molecule has 0 aromatic heterocycles. The second-order valence-electron chi connectivity index (χ2n) is 12.8. The van der Waals surface area contributed by atoms with E-state index < -0.39 is 36.1 Å². The van der Waals surface area contributed by atoms with E-state index in [1.807, 2.05) is 95.6 Å². The van der Waals surface area contributed by atoms with Gasteiger partial charge in [0.15, 0.2) is 0 Å². The highest BCUT2D eigenvalue weighted by molar-refractivity contribution is 8.20. The number of esters is 2. The highest BCUT2D eigenvalue weighted by Crippen LogP contribution is 2.36. The molecule has 2 aromatic carbocycles. The largest absolute Gasteiger partial charge is 0.490 e. The molecule has 0 aliphatic carbocycles. The predicted molar refractivity (Wildman–Crippen MR) is 231 cm³/mol. The van der Waals surface area contributed by atoms with Crippen LogP contribution in [-0.2, 0) is 34.1 Å². The summed E-state index contributed by atoms with van der Waals surface area (Å²) >= 11 is 11.3. The number of hydrogen-bond acceptors (Lipinski definition) is 14. The second-order valence-corrected chi connectivity index (χ2v) is 21.0. The van der Waals surface area contributed by atoms with E-state index in [0.29, 0.717) is 32.2 Å². The molecule has 16 heteroatoms. The molecule has 2 aliphatic heterocycles. The van der Waals surface area contributed by atoms with E-state index in [1.54, 1.807) is 23.5 Å². The standard InChI is InChI=1S/C39H48O10S6/c1-39(2,27-3-7-29(8-4-27)46-23-31(48-35(44)13-11-33(40)41)25-50-17-15-37-52-19-20-53-37)28-5-9-30(10-6-28)47-24-32(49-36(45)14-12-34(42)43)26-51-18-16-38-54-21-22-55-38/h3-14,31-32,37-38H,15-26H2,1-2H3,(H,40,41)(H,42,43)/b13-11-,14-12-. The molecule has 2 N–H and O–H groups in total. The number of carboxylic acids is 2. The van der Waals surface area contributed by atoms with Crippen LogP contribution in [0.4, 0.5) is 0 Å². The molecule has 2 unspecified atom stereocenters. The van der Waals surface area contributed by atoms with Crippen LogP contribution in [0.25, 0.3) is 0 Å². The second kappa shape index (κ2) is 24.3. The molecule has 2 aliphatic rings. The summed E-state index contributed by atoms with van der Waals surface area (Å²) in [7, 11) is 0. The topological polar surface area (TPSA) is 146 Å². The smallest absolute Gasteiger partial charge is 0.331 e. The van der Waals surface area contributed by atoms with Gasteiger partial charge in [0, 0.05) is 64.2 Å². The summed E-state index contributed by atoms with van der Waals surface area (Å²) in [6, 6.07) is 15.5. The van der Waals surface area contributed by atoms with Crippen molar-refractivity contribution in [2.75, 3.05) is 59.2 Å². The van der Waals surface area contributed by atoms with Gasteiger partial charge in [0.1, 0.15) is 36.9 Å². The molecule has 0 radical (unpaired) electrons. The molecule has 2 heterocycles. The van der Waals surface area contributed by atoms with Crippen LogP contribution in [0.3, 0.4) is 0 Å². The van der Waals surface area contributed by atoms with Gasteiger partial charge in [-0.25, -0.2) is 19.2 Å². The first-order valence-electron chi connectivity index (χ1n) is 17.8. The van der Waals surface area contributed by atoms with Crippen LogP contribution in [0.2, 0.25) is 0 Å². The van der Waals surface area contributed by atoms with Gasteiger partial charge in [-0.2, -0.15) is 23.5 Å². The van der Waals surface area contributed by atoms with Gasteiger partial charge < -0.3 is 29.2 Å². The minimum absolute atomic E-state index is 0.132. The maximum atomic E-state index is 12.3. The lowest BCUT2D eigenvalue weighted by Crippen LogP contribution is -2.27. The Kier molecular flexibility index (Phi) is 20.0. The number of carbonyl (C=O) groups excluding carboxylic acids is 2. The monoisotopic (exact) mass is 868 g/mol. The number of carbonyl (C=O) groups is 4. The van der Waals surface area contributed by atoms with Crippen LogP contribution in [0, 0.1) is 0 Å². The zero-order chi connectivity index (χ0) is 39.5. The van der Waals surface area contributed by atoms with E-state index in [1.165, 1.54) is 23.0 Å². The average molecular weight is 869 g/mol. The van der Waals surface area contributed by atoms with Gasteiger partial charge in [0.05, 0.1) is 9.16 Å². The third-order valence-electron chi connectivity index (χ3n) is 8.30. The molecule has 4 rings (SSSR count). The van der Waals surface area contributed by atoms with Gasteiger partial charge in [-0.1, -0.05) is 38.1 Å². The summed E-state index contributed by atoms with van der Waals surface area (Å²) in [4.78, 5) is 46.2. The number of benzene rings is 2. The fraction of sp³-hybridized carbons (Fsp3) is 0.487. The minimum atomic E-state index is -1.22. The number of ether oxygens (including phenoxy) is 4.